The maximum absolute atomic E-state index is 13.1. The highest BCUT2D eigenvalue weighted by Crippen LogP contribution is 2.22. The average molecular weight is 195 g/mol. The predicted octanol–water partition coefficient (Wildman–Crippen LogP) is 1.97. The molecule has 0 aliphatic carbocycles. The van der Waals surface area contributed by atoms with Gasteiger partial charge < -0.3 is 9.52 Å². The van der Waals surface area contributed by atoms with Crippen molar-refractivity contribution in [2.24, 2.45) is 0 Å². The highest BCUT2D eigenvalue weighted by Gasteiger charge is 2.18. The van der Waals surface area contributed by atoms with E-state index in [1.165, 1.54) is 6.07 Å². The Morgan fingerprint density at radius 1 is 1.57 bits per heavy atom. The second-order valence-corrected chi connectivity index (χ2v) is 2.81. The molecule has 1 N–H and O–H groups in total. The van der Waals surface area contributed by atoms with Gasteiger partial charge in [0.25, 0.3) is 0 Å². The first-order chi connectivity index (χ1) is 6.59. The number of aromatic nitrogens is 1. The molecule has 0 aliphatic rings. The van der Waals surface area contributed by atoms with Crippen molar-refractivity contribution in [2.45, 2.75) is 6.92 Å². The maximum atomic E-state index is 13.1. The van der Waals surface area contributed by atoms with Gasteiger partial charge in [0.15, 0.2) is 11.5 Å². The predicted molar refractivity (Wildman–Crippen MR) is 45.7 cm³/mol. The fourth-order valence-electron chi connectivity index (χ4n) is 1.28. The van der Waals surface area contributed by atoms with Crippen LogP contribution in [0.15, 0.2) is 16.5 Å². The highest BCUT2D eigenvalue weighted by molar-refractivity contribution is 6.00. The molecule has 0 aliphatic heterocycles. The first-order valence-electron chi connectivity index (χ1n) is 3.88. The summed E-state index contributed by atoms with van der Waals surface area (Å²) in [7, 11) is 0. The molecule has 2 aromatic rings. The van der Waals surface area contributed by atoms with E-state index in [-0.39, 0.29) is 5.58 Å². The van der Waals surface area contributed by atoms with Crippen molar-refractivity contribution in [1.29, 1.82) is 0 Å². The molecule has 1 aromatic heterocycles. The highest BCUT2D eigenvalue weighted by atomic mass is 19.1. The van der Waals surface area contributed by atoms with E-state index in [9.17, 15) is 9.18 Å². The topological polar surface area (TPSA) is 63.3 Å². The molecule has 1 aromatic carbocycles. The van der Waals surface area contributed by atoms with E-state index in [0.717, 1.165) is 6.07 Å². The normalized spacial score (nSPS) is 10.7. The molecule has 0 atom stereocenters. The number of nitrogens with zero attached hydrogens (tertiary/aromatic N) is 1. The van der Waals surface area contributed by atoms with Gasteiger partial charge in [-0.1, -0.05) is 0 Å². The van der Waals surface area contributed by atoms with Crippen LogP contribution in [0.1, 0.15) is 16.2 Å². The van der Waals surface area contributed by atoms with Crippen molar-refractivity contribution in [1.82, 2.24) is 4.98 Å². The third kappa shape index (κ3) is 1.14. The number of aryl methyl sites for hydroxylation is 1. The van der Waals surface area contributed by atoms with E-state index in [2.05, 4.69) is 4.98 Å². The molecule has 0 amide bonds. The van der Waals surface area contributed by atoms with Gasteiger partial charge in [-0.05, 0) is 12.1 Å². The maximum Gasteiger partial charge on any atom is 0.342 e. The van der Waals surface area contributed by atoms with Gasteiger partial charge in [0.05, 0.1) is 0 Å². The number of carboxylic acid groups (broad SMARTS) is 1. The van der Waals surface area contributed by atoms with E-state index in [4.69, 9.17) is 9.52 Å². The molecule has 4 nitrogen and oxygen atoms in total. The van der Waals surface area contributed by atoms with Crippen LogP contribution >= 0.6 is 0 Å². The van der Waals surface area contributed by atoms with E-state index in [0.29, 0.717) is 11.4 Å². The van der Waals surface area contributed by atoms with Crippen LogP contribution in [0, 0.1) is 12.7 Å². The molecule has 2 rings (SSSR count). The van der Waals surface area contributed by atoms with Gasteiger partial charge in [0, 0.05) is 6.92 Å². The summed E-state index contributed by atoms with van der Waals surface area (Å²) in [5, 5.41) is 8.75. The van der Waals surface area contributed by atoms with Gasteiger partial charge in [-0.15, -0.1) is 0 Å². The zero-order valence-corrected chi connectivity index (χ0v) is 7.24. The second kappa shape index (κ2) is 2.80. The van der Waals surface area contributed by atoms with Gasteiger partial charge in [0.2, 0.25) is 0 Å². The van der Waals surface area contributed by atoms with Crippen molar-refractivity contribution < 1.29 is 18.7 Å². The average Bonchev–Trinajstić information content (AvgIpc) is 2.43. The quantitative estimate of drug-likeness (QED) is 0.755. The third-order valence-corrected chi connectivity index (χ3v) is 1.83. The molecule has 0 spiro atoms. The molecule has 0 bridgehead atoms. The molecular weight excluding hydrogens is 189 g/mol. The van der Waals surface area contributed by atoms with Crippen LogP contribution < -0.4 is 0 Å². The van der Waals surface area contributed by atoms with Crippen LogP contribution in [0.3, 0.4) is 0 Å². The molecule has 5 heteroatoms. The van der Waals surface area contributed by atoms with Crippen molar-refractivity contribution in [3.8, 4) is 0 Å². The summed E-state index contributed by atoms with van der Waals surface area (Å²) in [5.74, 6) is -1.86. The lowest BCUT2D eigenvalue weighted by Gasteiger charge is -1.95. The Hall–Kier alpha value is -1.91. The number of carboxylic acids is 1. The van der Waals surface area contributed by atoms with Crippen LogP contribution in [-0.2, 0) is 0 Å². The fourth-order valence-corrected chi connectivity index (χ4v) is 1.28. The number of oxazole rings is 1. The van der Waals surface area contributed by atoms with Crippen LogP contribution in [0.5, 0.6) is 0 Å². The number of fused-ring (bicyclic) bond motifs is 1. The minimum atomic E-state index is -1.36. The summed E-state index contributed by atoms with van der Waals surface area (Å²) in [6.07, 6.45) is 0. The van der Waals surface area contributed by atoms with Gasteiger partial charge in [-0.3, -0.25) is 0 Å². The lowest BCUT2D eigenvalue weighted by Crippen LogP contribution is -2.00. The number of rotatable bonds is 1. The van der Waals surface area contributed by atoms with Crippen LogP contribution in [-0.4, -0.2) is 16.1 Å². The first-order valence-corrected chi connectivity index (χ1v) is 3.88. The van der Waals surface area contributed by atoms with Crippen LogP contribution in [0.2, 0.25) is 0 Å². The van der Waals surface area contributed by atoms with E-state index in [1.807, 2.05) is 0 Å². The van der Waals surface area contributed by atoms with Gasteiger partial charge in [-0.25, -0.2) is 14.2 Å². The Balaban J connectivity index is 2.88. The molecule has 0 saturated heterocycles. The number of hydrogen-bond donors (Lipinski definition) is 1. The molecule has 72 valence electrons. The van der Waals surface area contributed by atoms with Crippen molar-refractivity contribution in [2.75, 3.05) is 0 Å². The minimum absolute atomic E-state index is 0.0185. The summed E-state index contributed by atoms with van der Waals surface area (Å²) in [4.78, 5) is 14.6. The SMILES string of the molecule is Cc1nc2ccc(F)c(C(=O)O)c2o1. The van der Waals surface area contributed by atoms with Crippen molar-refractivity contribution in [3.05, 3.63) is 29.4 Å². The summed E-state index contributed by atoms with van der Waals surface area (Å²) in [6.45, 7) is 1.57. The molecule has 0 saturated carbocycles. The fraction of sp³-hybridized carbons (Fsp3) is 0.111. The Morgan fingerprint density at radius 3 is 2.93 bits per heavy atom. The second-order valence-electron chi connectivity index (χ2n) is 2.81. The van der Waals surface area contributed by atoms with Crippen LogP contribution in [0.4, 0.5) is 4.39 Å². The van der Waals surface area contributed by atoms with Gasteiger partial charge in [0.1, 0.15) is 16.9 Å². The largest absolute Gasteiger partial charge is 0.477 e. The van der Waals surface area contributed by atoms with Crippen molar-refractivity contribution >= 4 is 17.1 Å². The monoisotopic (exact) mass is 195 g/mol. The smallest absolute Gasteiger partial charge is 0.342 e. The lowest BCUT2D eigenvalue weighted by atomic mass is 10.2. The number of aromatic carboxylic acids is 1. The molecular formula is C9H6FNO3. The molecule has 0 radical (unpaired) electrons. The summed E-state index contributed by atoms with van der Waals surface area (Å²) >= 11 is 0. The van der Waals surface area contributed by atoms with Gasteiger partial charge >= 0.3 is 5.97 Å². The van der Waals surface area contributed by atoms with Crippen LogP contribution in [0.25, 0.3) is 11.1 Å². The molecule has 1 heterocycles. The molecule has 0 fully saturated rings. The van der Waals surface area contributed by atoms with E-state index < -0.39 is 17.3 Å². The molecule has 14 heavy (non-hydrogen) atoms. The Bertz CT molecular complexity index is 518. The number of halogens is 1. The van der Waals surface area contributed by atoms with Crippen molar-refractivity contribution in [3.63, 3.8) is 0 Å². The number of benzene rings is 1. The summed E-state index contributed by atoms with van der Waals surface area (Å²) < 4.78 is 18.1. The van der Waals surface area contributed by atoms with Gasteiger partial charge in [-0.2, -0.15) is 0 Å². The summed E-state index contributed by atoms with van der Waals surface area (Å²) in [5.41, 5.74) is -0.139. The minimum Gasteiger partial charge on any atom is -0.477 e. The summed E-state index contributed by atoms with van der Waals surface area (Å²) in [6, 6.07) is 2.45. The molecule has 0 unspecified atom stereocenters. The Kier molecular flexibility index (Phi) is 1.73. The standard InChI is InChI=1S/C9H6FNO3/c1-4-11-6-3-2-5(10)7(9(12)13)8(6)14-4/h2-3H,1H3,(H,12,13). The zero-order chi connectivity index (χ0) is 10.3. The lowest BCUT2D eigenvalue weighted by molar-refractivity contribution is 0.0693. The van der Waals surface area contributed by atoms with E-state index in [1.54, 1.807) is 6.92 Å². The first kappa shape index (κ1) is 8.68. The number of hydrogen-bond acceptors (Lipinski definition) is 3. The van der Waals surface area contributed by atoms with E-state index >= 15 is 0 Å². The Morgan fingerprint density at radius 2 is 2.29 bits per heavy atom. The third-order valence-electron chi connectivity index (χ3n) is 1.83. The number of carbonyl (C=O) groups is 1. The Labute approximate surface area is 78.0 Å². The zero-order valence-electron chi connectivity index (χ0n) is 7.24.